The Morgan fingerprint density at radius 2 is 1.55 bits per heavy atom. The molecule has 6 heteroatoms. The lowest BCUT2D eigenvalue weighted by molar-refractivity contribution is 0.0955. The van der Waals surface area contributed by atoms with Gasteiger partial charge in [-0.25, -0.2) is 17.6 Å². The quantitative estimate of drug-likeness (QED) is 0.654. The van der Waals surface area contributed by atoms with E-state index in [1.165, 1.54) is 0 Å². The number of allylic oxidation sites excluding steroid dienone is 3. The predicted octanol–water partition coefficient (Wildman–Crippen LogP) is 3.52. The second kappa shape index (κ2) is 5.11. The molecule has 1 aliphatic carbocycles. The van der Waals surface area contributed by atoms with Crippen molar-refractivity contribution in [3.63, 3.8) is 0 Å². The van der Waals surface area contributed by atoms with Gasteiger partial charge in [-0.3, -0.25) is 4.79 Å². The molecule has 0 fully saturated rings. The minimum absolute atomic E-state index is 0.371. The van der Waals surface area contributed by atoms with Gasteiger partial charge in [-0.1, -0.05) is 12.2 Å². The van der Waals surface area contributed by atoms with Gasteiger partial charge in [0.2, 0.25) is 0 Å². The molecule has 1 aliphatic rings. The van der Waals surface area contributed by atoms with Crippen LogP contribution in [0.5, 0.6) is 0 Å². The van der Waals surface area contributed by atoms with Crippen LogP contribution in [0, 0.1) is 30.2 Å². The maximum absolute atomic E-state index is 13.6. The van der Waals surface area contributed by atoms with Crippen molar-refractivity contribution < 1.29 is 22.4 Å². The summed E-state index contributed by atoms with van der Waals surface area (Å²) in [5, 5.41) is 2.24. The molecule has 106 valence electrons. The van der Waals surface area contributed by atoms with Crippen LogP contribution < -0.4 is 5.32 Å². The molecular formula is C14H11F4NO. The van der Waals surface area contributed by atoms with Gasteiger partial charge in [0.05, 0.1) is 0 Å². The zero-order chi connectivity index (χ0) is 15.0. The van der Waals surface area contributed by atoms with Gasteiger partial charge in [-0.15, -0.1) is 0 Å². The summed E-state index contributed by atoms with van der Waals surface area (Å²) in [6, 6.07) is 0. The molecule has 20 heavy (non-hydrogen) atoms. The molecule has 2 nitrogen and oxygen atoms in total. The van der Waals surface area contributed by atoms with Crippen molar-refractivity contribution in [1.29, 1.82) is 0 Å². The van der Waals surface area contributed by atoms with Crippen molar-refractivity contribution >= 4 is 5.91 Å². The Kier molecular flexibility index (Phi) is 3.65. The lowest BCUT2D eigenvalue weighted by Crippen LogP contribution is -2.26. The van der Waals surface area contributed by atoms with Crippen LogP contribution in [0.25, 0.3) is 0 Å². The van der Waals surface area contributed by atoms with E-state index in [9.17, 15) is 22.4 Å². The fourth-order valence-corrected chi connectivity index (χ4v) is 1.90. The van der Waals surface area contributed by atoms with E-state index in [0.717, 1.165) is 6.92 Å². The van der Waals surface area contributed by atoms with Crippen molar-refractivity contribution in [3.05, 3.63) is 57.8 Å². The van der Waals surface area contributed by atoms with Gasteiger partial charge < -0.3 is 5.32 Å². The number of halogens is 4. The third-order valence-corrected chi connectivity index (χ3v) is 3.13. The molecule has 1 amide bonds. The molecule has 0 bridgehead atoms. The summed E-state index contributed by atoms with van der Waals surface area (Å²) in [5.41, 5.74) is -0.971. The van der Waals surface area contributed by atoms with Crippen molar-refractivity contribution in [1.82, 2.24) is 5.32 Å². The standard InChI is InChI=1S/C14H11F4NO/c1-6-4-3-5-8(6)19-14(20)9-12(17)10(15)7(2)11(16)13(9)18/h4-5H,3H2,1-2H3,(H,19,20). The third kappa shape index (κ3) is 2.21. The number of hydrogen-bond acceptors (Lipinski definition) is 1. The number of amides is 1. The van der Waals surface area contributed by atoms with Crippen LogP contribution in [-0.2, 0) is 0 Å². The first kappa shape index (κ1) is 14.3. The van der Waals surface area contributed by atoms with Crippen LogP contribution in [0.1, 0.15) is 29.3 Å². The van der Waals surface area contributed by atoms with Gasteiger partial charge in [0.15, 0.2) is 23.3 Å². The molecule has 0 atom stereocenters. The Hall–Kier alpha value is -2.11. The Bertz CT molecular complexity index is 633. The lowest BCUT2D eigenvalue weighted by atomic mass is 10.1. The number of hydrogen-bond donors (Lipinski definition) is 1. The number of rotatable bonds is 2. The molecule has 2 rings (SSSR count). The van der Waals surface area contributed by atoms with Crippen molar-refractivity contribution in [2.75, 3.05) is 0 Å². The third-order valence-electron chi connectivity index (χ3n) is 3.13. The largest absolute Gasteiger partial charge is 0.322 e. The highest BCUT2D eigenvalue weighted by molar-refractivity contribution is 5.96. The predicted molar refractivity (Wildman–Crippen MR) is 64.9 cm³/mol. The lowest BCUT2D eigenvalue weighted by Gasteiger charge is -2.11. The molecule has 0 heterocycles. The number of carbonyl (C=O) groups is 1. The highest BCUT2D eigenvalue weighted by atomic mass is 19.2. The fraction of sp³-hybridized carbons (Fsp3) is 0.214. The second-order valence-corrected chi connectivity index (χ2v) is 4.45. The van der Waals surface area contributed by atoms with E-state index >= 15 is 0 Å². The molecule has 0 saturated carbocycles. The van der Waals surface area contributed by atoms with Crippen LogP contribution >= 0.6 is 0 Å². The average Bonchev–Trinajstić information content (AvgIpc) is 2.80. The number of carbonyl (C=O) groups excluding carboxylic acids is 1. The van der Waals surface area contributed by atoms with Crippen molar-refractivity contribution in [2.24, 2.45) is 0 Å². The Morgan fingerprint density at radius 3 is 2.00 bits per heavy atom. The van der Waals surface area contributed by atoms with Gasteiger partial charge in [-0.2, -0.15) is 0 Å². The van der Waals surface area contributed by atoms with Crippen LogP contribution in [0.3, 0.4) is 0 Å². The van der Waals surface area contributed by atoms with E-state index in [0.29, 0.717) is 17.7 Å². The molecule has 0 aromatic heterocycles. The van der Waals surface area contributed by atoms with Crippen LogP contribution in [-0.4, -0.2) is 5.91 Å². The first-order valence-corrected chi connectivity index (χ1v) is 5.85. The summed E-state index contributed by atoms with van der Waals surface area (Å²) in [5.74, 6) is -7.75. The highest BCUT2D eigenvalue weighted by Gasteiger charge is 2.28. The van der Waals surface area contributed by atoms with Gasteiger partial charge in [0, 0.05) is 11.3 Å². The average molecular weight is 285 g/mol. The van der Waals surface area contributed by atoms with Gasteiger partial charge >= 0.3 is 0 Å². The first-order chi connectivity index (χ1) is 9.34. The molecule has 0 saturated heterocycles. The minimum Gasteiger partial charge on any atom is -0.322 e. The van der Waals surface area contributed by atoms with Crippen molar-refractivity contribution in [2.45, 2.75) is 20.3 Å². The maximum atomic E-state index is 13.6. The van der Waals surface area contributed by atoms with E-state index in [1.54, 1.807) is 19.1 Å². The molecule has 0 unspecified atom stereocenters. The maximum Gasteiger partial charge on any atom is 0.261 e. The summed E-state index contributed by atoms with van der Waals surface area (Å²) in [6.45, 7) is 2.59. The van der Waals surface area contributed by atoms with E-state index in [4.69, 9.17) is 0 Å². The molecule has 1 aromatic carbocycles. The first-order valence-electron chi connectivity index (χ1n) is 5.85. The molecule has 1 N–H and O–H groups in total. The summed E-state index contributed by atoms with van der Waals surface area (Å²) in [6.07, 6.45) is 3.99. The van der Waals surface area contributed by atoms with Crippen molar-refractivity contribution in [3.8, 4) is 0 Å². The minimum atomic E-state index is -1.70. The van der Waals surface area contributed by atoms with Crippen LogP contribution in [0.4, 0.5) is 17.6 Å². The van der Waals surface area contributed by atoms with Gasteiger partial charge in [-0.05, 0) is 25.8 Å². The number of nitrogens with one attached hydrogen (secondary N) is 1. The number of benzene rings is 1. The topological polar surface area (TPSA) is 29.1 Å². The van der Waals surface area contributed by atoms with E-state index in [-0.39, 0.29) is 0 Å². The summed E-state index contributed by atoms with van der Waals surface area (Å²) >= 11 is 0. The molecule has 0 radical (unpaired) electrons. The Labute approximate surface area is 112 Å². The van der Waals surface area contributed by atoms with Gasteiger partial charge in [0.1, 0.15) is 5.56 Å². The van der Waals surface area contributed by atoms with E-state index < -0.39 is 40.3 Å². The van der Waals surface area contributed by atoms with Crippen LogP contribution in [0.2, 0.25) is 0 Å². The Balaban J connectivity index is 2.43. The summed E-state index contributed by atoms with van der Waals surface area (Å²) < 4.78 is 54.1. The molecule has 1 aromatic rings. The SMILES string of the molecule is CC1=CCC=C1NC(=O)c1c(F)c(F)c(C)c(F)c1F. The molecule has 0 spiro atoms. The monoisotopic (exact) mass is 285 g/mol. The second-order valence-electron chi connectivity index (χ2n) is 4.45. The summed E-state index contributed by atoms with van der Waals surface area (Å²) in [4.78, 5) is 11.8. The smallest absolute Gasteiger partial charge is 0.261 e. The molecule has 0 aliphatic heterocycles. The zero-order valence-electron chi connectivity index (χ0n) is 10.8. The van der Waals surface area contributed by atoms with E-state index in [2.05, 4.69) is 5.32 Å². The highest BCUT2D eigenvalue weighted by Crippen LogP contribution is 2.24. The Morgan fingerprint density at radius 1 is 1.00 bits per heavy atom. The summed E-state index contributed by atoms with van der Waals surface area (Å²) in [7, 11) is 0. The normalized spacial score (nSPS) is 14.1. The fourth-order valence-electron chi connectivity index (χ4n) is 1.90. The molecular weight excluding hydrogens is 274 g/mol. The zero-order valence-corrected chi connectivity index (χ0v) is 10.8. The van der Waals surface area contributed by atoms with E-state index in [1.807, 2.05) is 0 Å². The van der Waals surface area contributed by atoms with Crippen LogP contribution in [0.15, 0.2) is 23.4 Å². The van der Waals surface area contributed by atoms with Gasteiger partial charge in [0.25, 0.3) is 5.91 Å².